The number of hydrogen-bond donors (Lipinski definition) is 1. The number of carbonyl (C=O) groups is 1. The lowest BCUT2D eigenvalue weighted by molar-refractivity contribution is -0.0498. The van der Waals surface area contributed by atoms with E-state index in [1.807, 2.05) is 0 Å². The molecule has 0 aliphatic heterocycles. The van der Waals surface area contributed by atoms with Gasteiger partial charge >= 0.3 is 6.61 Å². The van der Waals surface area contributed by atoms with Gasteiger partial charge in [-0.2, -0.15) is 8.78 Å². The van der Waals surface area contributed by atoms with E-state index >= 15 is 0 Å². The fraction of sp³-hybridized carbons (Fsp3) is 0.0769. The van der Waals surface area contributed by atoms with E-state index in [0.29, 0.717) is 5.56 Å². The van der Waals surface area contributed by atoms with E-state index in [1.54, 1.807) is 0 Å². The van der Waals surface area contributed by atoms with Crippen molar-refractivity contribution in [3.63, 3.8) is 0 Å². The van der Waals surface area contributed by atoms with Gasteiger partial charge in [-0.15, -0.1) is 0 Å². The Hall–Kier alpha value is -2.50. The molecule has 0 aliphatic rings. The van der Waals surface area contributed by atoms with Gasteiger partial charge in [-0.1, -0.05) is 0 Å². The average Bonchev–Trinajstić information content (AvgIpc) is 2.37. The summed E-state index contributed by atoms with van der Waals surface area (Å²) in [5.41, 5.74) is 6.31. The first-order valence-electron chi connectivity index (χ1n) is 5.36. The second-order valence-corrected chi connectivity index (χ2v) is 3.73. The summed E-state index contributed by atoms with van der Waals surface area (Å²) in [6, 6.07) is 6.92. The highest BCUT2D eigenvalue weighted by Crippen LogP contribution is 2.22. The van der Waals surface area contributed by atoms with Gasteiger partial charge in [0.15, 0.2) is 5.78 Å². The van der Waals surface area contributed by atoms with Gasteiger partial charge in [0.25, 0.3) is 0 Å². The number of halogens is 2. The first-order valence-corrected chi connectivity index (χ1v) is 5.36. The standard InChI is InChI=1S/C13H10F2N2O2/c14-13(15)19-11-6-9(5-10(16)7-11)12(18)8-1-3-17-4-2-8/h1-7,13H,16H2. The molecule has 1 aromatic carbocycles. The second kappa shape index (κ2) is 5.43. The predicted molar refractivity (Wildman–Crippen MR) is 65.2 cm³/mol. The van der Waals surface area contributed by atoms with Gasteiger partial charge in [0.2, 0.25) is 0 Å². The van der Waals surface area contributed by atoms with Crippen LogP contribution in [0.25, 0.3) is 0 Å². The summed E-state index contributed by atoms with van der Waals surface area (Å²) in [4.78, 5) is 15.9. The van der Waals surface area contributed by atoms with Crippen LogP contribution < -0.4 is 10.5 Å². The number of nitrogen functional groups attached to an aromatic ring is 1. The van der Waals surface area contributed by atoms with Gasteiger partial charge in [0.05, 0.1) is 0 Å². The van der Waals surface area contributed by atoms with E-state index in [-0.39, 0.29) is 22.8 Å². The van der Waals surface area contributed by atoms with Crippen molar-refractivity contribution >= 4 is 11.5 Å². The van der Waals surface area contributed by atoms with Crippen LogP contribution in [0, 0.1) is 0 Å². The summed E-state index contributed by atoms with van der Waals surface area (Å²) in [5.74, 6) is -0.485. The molecule has 4 nitrogen and oxygen atoms in total. The Morgan fingerprint density at radius 3 is 2.47 bits per heavy atom. The molecule has 2 aromatic rings. The number of nitrogens with two attached hydrogens (primary N) is 1. The molecule has 0 spiro atoms. The zero-order chi connectivity index (χ0) is 13.8. The Kier molecular flexibility index (Phi) is 3.70. The Bertz CT molecular complexity index is 588. The zero-order valence-corrected chi connectivity index (χ0v) is 9.72. The fourth-order valence-electron chi connectivity index (χ4n) is 1.59. The van der Waals surface area contributed by atoms with Crippen molar-refractivity contribution in [3.05, 3.63) is 53.9 Å². The normalized spacial score (nSPS) is 10.5. The predicted octanol–water partition coefficient (Wildman–Crippen LogP) is 2.50. The van der Waals surface area contributed by atoms with E-state index in [1.165, 1.54) is 42.7 Å². The summed E-state index contributed by atoms with van der Waals surface area (Å²) >= 11 is 0. The van der Waals surface area contributed by atoms with Crippen LogP contribution in [0.3, 0.4) is 0 Å². The van der Waals surface area contributed by atoms with E-state index in [9.17, 15) is 13.6 Å². The van der Waals surface area contributed by atoms with Crippen molar-refractivity contribution in [2.24, 2.45) is 0 Å². The third kappa shape index (κ3) is 3.25. The lowest BCUT2D eigenvalue weighted by Gasteiger charge is -2.08. The van der Waals surface area contributed by atoms with Crippen molar-refractivity contribution in [2.75, 3.05) is 5.73 Å². The minimum atomic E-state index is -2.97. The van der Waals surface area contributed by atoms with Crippen LogP contribution >= 0.6 is 0 Å². The van der Waals surface area contributed by atoms with E-state index in [4.69, 9.17) is 5.73 Å². The quantitative estimate of drug-likeness (QED) is 0.680. The minimum Gasteiger partial charge on any atom is -0.435 e. The molecular formula is C13H10F2N2O2. The van der Waals surface area contributed by atoms with E-state index in [2.05, 4.69) is 9.72 Å². The molecule has 0 saturated carbocycles. The highest BCUT2D eigenvalue weighted by molar-refractivity contribution is 6.09. The number of anilines is 1. The van der Waals surface area contributed by atoms with Gasteiger partial charge in [0.1, 0.15) is 5.75 Å². The molecule has 0 atom stereocenters. The number of carbonyl (C=O) groups excluding carboxylic acids is 1. The number of nitrogens with zero attached hydrogens (tertiary/aromatic N) is 1. The summed E-state index contributed by atoms with van der Waals surface area (Å²) in [5, 5.41) is 0. The number of pyridine rings is 1. The molecule has 1 heterocycles. The van der Waals surface area contributed by atoms with Crippen LogP contribution in [0.1, 0.15) is 15.9 Å². The van der Waals surface area contributed by atoms with Gasteiger partial charge in [-0.3, -0.25) is 9.78 Å². The van der Waals surface area contributed by atoms with Crippen LogP contribution in [-0.4, -0.2) is 17.4 Å². The number of ether oxygens (including phenoxy) is 1. The largest absolute Gasteiger partial charge is 0.435 e. The summed E-state index contributed by atoms with van der Waals surface area (Å²) in [6.07, 6.45) is 2.94. The molecule has 2 N–H and O–H groups in total. The number of ketones is 1. The maximum atomic E-state index is 12.2. The minimum absolute atomic E-state index is 0.146. The highest BCUT2D eigenvalue weighted by Gasteiger charge is 2.13. The molecule has 0 unspecified atom stereocenters. The molecule has 19 heavy (non-hydrogen) atoms. The zero-order valence-electron chi connectivity index (χ0n) is 9.72. The third-order valence-corrected chi connectivity index (χ3v) is 2.36. The van der Waals surface area contributed by atoms with Crippen molar-refractivity contribution in [2.45, 2.75) is 6.61 Å². The third-order valence-electron chi connectivity index (χ3n) is 2.36. The number of alkyl halides is 2. The fourth-order valence-corrected chi connectivity index (χ4v) is 1.59. The average molecular weight is 264 g/mol. The topological polar surface area (TPSA) is 65.2 Å². The molecule has 1 aromatic heterocycles. The molecule has 0 saturated heterocycles. The maximum absolute atomic E-state index is 12.2. The molecule has 0 radical (unpaired) electrons. The van der Waals surface area contributed by atoms with Crippen molar-refractivity contribution < 1.29 is 18.3 Å². The van der Waals surface area contributed by atoms with Crippen LogP contribution in [0.2, 0.25) is 0 Å². The molecule has 0 fully saturated rings. The molecule has 98 valence electrons. The summed E-state index contributed by atoms with van der Waals surface area (Å²) in [7, 11) is 0. The van der Waals surface area contributed by atoms with Crippen LogP contribution in [-0.2, 0) is 0 Å². The maximum Gasteiger partial charge on any atom is 0.387 e. The van der Waals surface area contributed by atoms with Gasteiger partial charge in [0, 0.05) is 35.3 Å². The van der Waals surface area contributed by atoms with E-state index < -0.39 is 6.61 Å². The van der Waals surface area contributed by atoms with Crippen molar-refractivity contribution in [1.82, 2.24) is 4.98 Å². The first kappa shape index (κ1) is 12.9. The first-order chi connectivity index (χ1) is 9.06. The van der Waals surface area contributed by atoms with Crippen LogP contribution in [0.15, 0.2) is 42.7 Å². The highest BCUT2D eigenvalue weighted by atomic mass is 19.3. The Morgan fingerprint density at radius 2 is 1.84 bits per heavy atom. The molecule has 0 amide bonds. The van der Waals surface area contributed by atoms with Crippen molar-refractivity contribution in [3.8, 4) is 5.75 Å². The number of aromatic nitrogens is 1. The molecule has 0 bridgehead atoms. The smallest absolute Gasteiger partial charge is 0.387 e. The number of benzene rings is 1. The number of hydrogen-bond acceptors (Lipinski definition) is 4. The van der Waals surface area contributed by atoms with Gasteiger partial charge in [-0.25, -0.2) is 0 Å². The lowest BCUT2D eigenvalue weighted by atomic mass is 10.0. The molecule has 2 rings (SSSR count). The number of rotatable bonds is 4. The molecule has 0 aliphatic carbocycles. The van der Waals surface area contributed by atoms with Gasteiger partial charge in [-0.05, 0) is 24.3 Å². The second-order valence-electron chi connectivity index (χ2n) is 3.73. The Morgan fingerprint density at radius 1 is 1.16 bits per heavy atom. The Labute approximate surface area is 107 Å². The molecular weight excluding hydrogens is 254 g/mol. The summed E-state index contributed by atoms with van der Waals surface area (Å²) < 4.78 is 28.5. The SMILES string of the molecule is Nc1cc(OC(F)F)cc(C(=O)c2ccncc2)c1. The lowest BCUT2D eigenvalue weighted by Crippen LogP contribution is -2.06. The van der Waals surface area contributed by atoms with E-state index in [0.717, 1.165) is 0 Å². The monoisotopic (exact) mass is 264 g/mol. The summed E-state index contributed by atoms with van der Waals surface area (Å²) in [6.45, 7) is -2.97. The Balaban J connectivity index is 2.34. The van der Waals surface area contributed by atoms with Gasteiger partial charge < -0.3 is 10.5 Å². The van der Waals surface area contributed by atoms with Crippen molar-refractivity contribution in [1.29, 1.82) is 0 Å². The van der Waals surface area contributed by atoms with Crippen LogP contribution in [0.5, 0.6) is 5.75 Å². The van der Waals surface area contributed by atoms with Crippen LogP contribution in [0.4, 0.5) is 14.5 Å². The molecule has 6 heteroatoms.